The van der Waals surface area contributed by atoms with E-state index in [1.807, 2.05) is 36.4 Å². The molecule has 0 spiro atoms. The summed E-state index contributed by atoms with van der Waals surface area (Å²) in [6.45, 7) is 0.803. The number of likely N-dealkylation sites (N-methyl/N-ethyl adjacent to an activating group) is 1. The van der Waals surface area contributed by atoms with E-state index in [9.17, 15) is 0 Å². The van der Waals surface area contributed by atoms with Crippen LogP contribution in [0, 0.1) is 11.3 Å². The van der Waals surface area contributed by atoms with Crippen LogP contribution >= 0.6 is 0 Å². The van der Waals surface area contributed by atoms with E-state index in [1.54, 1.807) is 7.11 Å². The van der Waals surface area contributed by atoms with Gasteiger partial charge in [-0.2, -0.15) is 5.26 Å². The predicted molar refractivity (Wildman–Crippen MR) is 93.7 cm³/mol. The van der Waals surface area contributed by atoms with Gasteiger partial charge in [0.15, 0.2) is 0 Å². The summed E-state index contributed by atoms with van der Waals surface area (Å²) in [5, 5.41) is 12.2. The van der Waals surface area contributed by atoms with Crippen LogP contribution in [0.4, 0.5) is 5.69 Å². The lowest BCUT2D eigenvalue weighted by molar-refractivity contribution is 0.311. The number of hydrogen-bond donors (Lipinski definition) is 1. The Hall–Kier alpha value is -2.51. The van der Waals surface area contributed by atoms with Gasteiger partial charge < -0.3 is 15.0 Å². The van der Waals surface area contributed by atoms with Crippen molar-refractivity contribution in [3.05, 3.63) is 59.7 Å². The van der Waals surface area contributed by atoms with Gasteiger partial charge in [0, 0.05) is 12.2 Å². The SMILES string of the molecule is COc1ccc(C(CNc2ccc(CC#N)cc2)N(C)C)cc1. The summed E-state index contributed by atoms with van der Waals surface area (Å²) in [4.78, 5) is 2.19. The van der Waals surface area contributed by atoms with Crippen molar-refractivity contribution in [3.63, 3.8) is 0 Å². The molecule has 120 valence electrons. The lowest BCUT2D eigenvalue weighted by Crippen LogP contribution is -2.26. The van der Waals surface area contributed by atoms with E-state index in [0.717, 1.165) is 23.5 Å². The Labute approximate surface area is 138 Å². The third-order valence-electron chi connectivity index (χ3n) is 3.86. The number of hydrogen-bond acceptors (Lipinski definition) is 4. The van der Waals surface area contributed by atoms with E-state index < -0.39 is 0 Å². The molecular weight excluding hydrogens is 286 g/mol. The summed E-state index contributed by atoms with van der Waals surface area (Å²) in [5.41, 5.74) is 3.34. The highest BCUT2D eigenvalue weighted by Gasteiger charge is 2.14. The maximum absolute atomic E-state index is 8.71. The maximum Gasteiger partial charge on any atom is 0.118 e. The molecule has 0 aliphatic rings. The van der Waals surface area contributed by atoms with Crippen molar-refractivity contribution in [2.75, 3.05) is 33.1 Å². The highest BCUT2D eigenvalue weighted by molar-refractivity contribution is 5.45. The molecule has 23 heavy (non-hydrogen) atoms. The molecule has 0 bridgehead atoms. The molecule has 0 aliphatic heterocycles. The molecule has 0 saturated carbocycles. The van der Waals surface area contributed by atoms with Crippen LogP contribution in [0.1, 0.15) is 17.2 Å². The predicted octanol–water partition coefficient (Wildman–Crippen LogP) is 3.48. The second kappa shape index (κ2) is 8.21. The molecule has 2 aromatic carbocycles. The highest BCUT2D eigenvalue weighted by atomic mass is 16.5. The molecule has 4 nitrogen and oxygen atoms in total. The van der Waals surface area contributed by atoms with Crippen LogP contribution in [-0.2, 0) is 6.42 Å². The summed E-state index contributed by atoms with van der Waals surface area (Å²) in [7, 11) is 5.83. The van der Waals surface area contributed by atoms with Crippen molar-refractivity contribution in [2.45, 2.75) is 12.5 Å². The Balaban J connectivity index is 2.03. The zero-order valence-electron chi connectivity index (χ0n) is 13.9. The van der Waals surface area contributed by atoms with Gasteiger partial charge in [-0.1, -0.05) is 24.3 Å². The van der Waals surface area contributed by atoms with E-state index in [0.29, 0.717) is 6.42 Å². The molecule has 0 radical (unpaired) electrons. The van der Waals surface area contributed by atoms with Crippen molar-refractivity contribution in [1.82, 2.24) is 4.90 Å². The number of anilines is 1. The molecule has 0 saturated heterocycles. The first-order valence-corrected chi connectivity index (χ1v) is 7.64. The van der Waals surface area contributed by atoms with Gasteiger partial charge >= 0.3 is 0 Å². The van der Waals surface area contributed by atoms with Gasteiger partial charge in [-0.25, -0.2) is 0 Å². The third kappa shape index (κ3) is 4.73. The molecule has 0 amide bonds. The van der Waals surface area contributed by atoms with Crippen molar-refractivity contribution in [2.24, 2.45) is 0 Å². The van der Waals surface area contributed by atoms with Crippen molar-refractivity contribution in [3.8, 4) is 11.8 Å². The molecule has 2 aromatic rings. The van der Waals surface area contributed by atoms with Crippen molar-refractivity contribution < 1.29 is 4.74 Å². The van der Waals surface area contributed by atoms with Crippen LogP contribution in [0.2, 0.25) is 0 Å². The second-order valence-corrected chi connectivity index (χ2v) is 5.67. The van der Waals surface area contributed by atoms with E-state index >= 15 is 0 Å². The molecule has 0 fully saturated rings. The fraction of sp³-hybridized carbons (Fsp3) is 0.316. The first-order chi connectivity index (χ1) is 11.1. The van der Waals surface area contributed by atoms with Crippen LogP contribution in [0.25, 0.3) is 0 Å². The Morgan fingerprint density at radius 3 is 2.26 bits per heavy atom. The Morgan fingerprint density at radius 1 is 1.09 bits per heavy atom. The van der Waals surface area contributed by atoms with Crippen LogP contribution in [-0.4, -0.2) is 32.6 Å². The molecule has 2 rings (SSSR count). The Morgan fingerprint density at radius 2 is 1.74 bits per heavy atom. The van der Waals surface area contributed by atoms with Crippen molar-refractivity contribution in [1.29, 1.82) is 5.26 Å². The van der Waals surface area contributed by atoms with Gasteiger partial charge in [0.05, 0.1) is 25.6 Å². The Kier molecular flexibility index (Phi) is 6.02. The number of nitriles is 1. The molecule has 0 aliphatic carbocycles. The molecule has 0 heterocycles. The number of benzene rings is 2. The maximum atomic E-state index is 8.71. The summed E-state index contributed by atoms with van der Waals surface area (Å²) in [6, 6.07) is 18.6. The summed E-state index contributed by atoms with van der Waals surface area (Å²) in [6.07, 6.45) is 0.451. The second-order valence-electron chi connectivity index (χ2n) is 5.67. The zero-order valence-corrected chi connectivity index (χ0v) is 13.9. The van der Waals surface area contributed by atoms with E-state index in [4.69, 9.17) is 10.00 Å². The lowest BCUT2D eigenvalue weighted by atomic mass is 10.1. The highest BCUT2D eigenvalue weighted by Crippen LogP contribution is 2.22. The largest absolute Gasteiger partial charge is 0.497 e. The molecular formula is C19H23N3O. The standard InChI is InChI=1S/C19H23N3O/c1-22(2)19(16-6-10-18(23-3)11-7-16)14-21-17-8-4-15(5-9-17)12-13-20/h4-11,19,21H,12,14H2,1-3H3. The van der Waals surface area contributed by atoms with E-state index in [1.165, 1.54) is 5.56 Å². The van der Waals surface area contributed by atoms with Gasteiger partial charge in [0.2, 0.25) is 0 Å². The van der Waals surface area contributed by atoms with Gasteiger partial charge in [0.25, 0.3) is 0 Å². The molecule has 0 aromatic heterocycles. The smallest absolute Gasteiger partial charge is 0.118 e. The average Bonchev–Trinajstić information content (AvgIpc) is 2.57. The fourth-order valence-electron chi connectivity index (χ4n) is 2.47. The van der Waals surface area contributed by atoms with Gasteiger partial charge in [-0.3, -0.25) is 0 Å². The minimum absolute atomic E-state index is 0.264. The number of nitrogens with zero attached hydrogens (tertiary/aromatic N) is 2. The summed E-state index contributed by atoms with van der Waals surface area (Å²) in [5.74, 6) is 0.868. The first-order valence-electron chi connectivity index (χ1n) is 7.64. The van der Waals surface area contributed by atoms with Crippen molar-refractivity contribution >= 4 is 5.69 Å². The number of nitrogens with one attached hydrogen (secondary N) is 1. The summed E-state index contributed by atoms with van der Waals surface area (Å²) < 4.78 is 5.22. The lowest BCUT2D eigenvalue weighted by Gasteiger charge is -2.25. The van der Waals surface area contributed by atoms with Crippen LogP contribution in [0.15, 0.2) is 48.5 Å². The fourth-order valence-corrected chi connectivity index (χ4v) is 2.47. The number of rotatable bonds is 7. The van der Waals surface area contributed by atoms with Gasteiger partial charge in [-0.05, 0) is 49.5 Å². The molecule has 4 heteroatoms. The average molecular weight is 309 g/mol. The van der Waals surface area contributed by atoms with Gasteiger partial charge in [0.1, 0.15) is 5.75 Å². The zero-order chi connectivity index (χ0) is 16.7. The van der Waals surface area contributed by atoms with Crippen LogP contribution < -0.4 is 10.1 Å². The van der Waals surface area contributed by atoms with Crippen LogP contribution in [0.3, 0.4) is 0 Å². The monoisotopic (exact) mass is 309 g/mol. The quantitative estimate of drug-likeness (QED) is 0.850. The van der Waals surface area contributed by atoms with Crippen LogP contribution in [0.5, 0.6) is 5.75 Å². The number of methoxy groups -OCH3 is 1. The van der Waals surface area contributed by atoms with Gasteiger partial charge in [-0.15, -0.1) is 0 Å². The minimum Gasteiger partial charge on any atom is -0.497 e. The summed E-state index contributed by atoms with van der Waals surface area (Å²) >= 11 is 0. The Bertz CT molecular complexity index is 642. The number of ether oxygens (including phenoxy) is 1. The third-order valence-corrected chi connectivity index (χ3v) is 3.86. The van der Waals surface area contributed by atoms with E-state index in [-0.39, 0.29) is 6.04 Å². The topological polar surface area (TPSA) is 48.3 Å². The molecule has 1 atom stereocenters. The van der Waals surface area contributed by atoms with E-state index in [2.05, 4.69) is 42.5 Å². The molecule has 1 unspecified atom stereocenters. The normalized spacial score (nSPS) is 11.8. The first kappa shape index (κ1) is 16.9. The molecule has 1 N–H and O–H groups in total. The minimum atomic E-state index is 0.264.